The zero-order valence-corrected chi connectivity index (χ0v) is 11.9. The van der Waals surface area contributed by atoms with E-state index in [1.807, 2.05) is 0 Å². The highest BCUT2D eigenvalue weighted by atomic mass is 16.5. The van der Waals surface area contributed by atoms with Crippen molar-refractivity contribution in [1.82, 2.24) is 10.1 Å². The zero-order chi connectivity index (χ0) is 14.4. The molecule has 1 rings (SSSR count). The summed E-state index contributed by atoms with van der Waals surface area (Å²) in [7, 11) is 1.67. The lowest BCUT2D eigenvalue weighted by molar-refractivity contribution is -0.143. The molecule has 0 fully saturated rings. The van der Waals surface area contributed by atoms with Crippen LogP contribution in [0, 0.1) is 13.8 Å². The van der Waals surface area contributed by atoms with Gasteiger partial charge in [0.2, 0.25) is 5.91 Å². The number of esters is 1. The third-order valence-corrected chi connectivity index (χ3v) is 2.89. The van der Waals surface area contributed by atoms with Gasteiger partial charge in [-0.3, -0.25) is 9.59 Å². The average molecular weight is 268 g/mol. The van der Waals surface area contributed by atoms with Gasteiger partial charge < -0.3 is 14.2 Å². The molecule has 0 saturated carbocycles. The van der Waals surface area contributed by atoms with E-state index in [2.05, 4.69) is 5.16 Å². The lowest BCUT2D eigenvalue weighted by Gasteiger charge is -2.16. The SMILES string of the molecule is CCOC(=O)CCN(C)C(=O)Cc1c(C)noc1C. The number of carbonyl (C=O) groups excluding carboxylic acids is 2. The summed E-state index contributed by atoms with van der Waals surface area (Å²) < 4.78 is 9.83. The second-order valence-electron chi connectivity index (χ2n) is 4.35. The van der Waals surface area contributed by atoms with Gasteiger partial charge in [-0.25, -0.2) is 0 Å². The number of aryl methyl sites for hydroxylation is 2. The summed E-state index contributed by atoms with van der Waals surface area (Å²) in [6, 6.07) is 0. The van der Waals surface area contributed by atoms with Crippen LogP contribution >= 0.6 is 0 Å². The second-order valence-corrected chi connectivity index (χ2v) is 4.35. The van der Waals surface area contributed by atoms with Gasteiger partial charge in [-0.15, -0.1) is 0 Å². The molecule has 0 aliphatic carbocycles. The van der Waals surface area contributed by atoms with Crippen LogP contribution in [0.4, 0.5) is 0 Å². The average Bonchev–Trinajstić information content (AvgIpc) is 2.68. The molecule has 6 heteroatoms. The highest BCUT2D eigenvalue weighted by Gasteiger charge is 2.17. The van der Waals surface area contributed by atoms with E-state index in [1.165, 1.54) is 4.90 Å². The van der Waals surface area contributed by atoms with Gasteiger partial charge in [-0.1, -0.05) is 5.16 Å². The second kappa shape index (κ2) is 6.92. The molecule has 1 heterocycles. The summed E-state index contributed by atoms with van der Waals surface area (Å²) >= 11 is 0. The van der Waals surface area contributed by atoms with Crippen molar-refractivity contribution >= 4 is 11.9 Å². The summed E-state index contributed by atoms with van der Waals surface area (Å²) in [5.41, 5.74) is 1.54. The van der Waals surface area contributed by atoms with Gasteiger partial charge in [0.1, 0.15) is 5.76 Å². The number of hydrogen-bond donors (Lipinski definition) is 0. The van der Waals surface area contributed by atoms with Crippen LogP contribution in [0.5, 0.6) is 0 Å². The van der Waals surface area contributed by atoms with E-state index in [0.29, 0.717) is 18.9 Å². The Bertz CT molecular complexity index is 434. The number of hydrogen-bond acceptors (Lipinski definition) is 5. The number of amides is 1. The van der Waals surface area contributed by atoms with Crippen molar-refractivity contribution in [3.05, 3.63) is 17.0 Å². The normalized spacial score (nSPS) is 10.3. The van der Waals surface area contributed by atoms with Gasteiger partial charge in [-0.2, -0.15) is 0 Å². The predicted octanol–water partition coefficient (Wildman–Crippen LogP) is 1.25. The molecular weight excluding hydrogens is 248 g/mol. The van der Waals surface area contributed by atoms with Crippen molar-refractivity contribution in [2.24, 2.45) is 0 Å². The van der Waals surface area contributed by atoms with Crippen molar-refractivity contribution in [3.8, 4) is 0 Å². The first kappa shape index (κ1) is 15.2. The molecule has 106 valence electrons. The molecule has 1 aromatic heterocycles. The maximum absolute atomic E-state index is 12.0. The van der Waals surface area contributed by atoms with Crippen LogP contribution in [0.1, 0.15) is 30.4 Å². The van der Waals surface area contributed by atoms with Gasteiger partial charge in [0, 0.05) is 19.2 Å². The fourth-order valence-corrected chi connectivity index (χ4v) is 1.66. The van der Waals surface area contributed by atoms with Crippen molar-refractivity contribution < 1.29 is 18.8 Å². The van der Waals surface area contributed by atoms with E-state index < -0.39 is 0 Å². The molecule has 0 unspecified atom stereocenters. The summed E-state index contributed by atoms with van der Waals surface area (Å²) in [6.07, 6.45) is 0.443. The van der Waals surface area contributed by atoms with Gasteiger partial charge in [0.05, 0.1) is 25.1 Å². The monoisotopic (exact) mass is 268 g/mol. The molecule has 19 heavy (non-hydrogen) atoms. The predicted molar refractivity (Wildman–Crippen MR) is 68.6 cm³/mol. The Kier molecular flexibility index (Phi) is 5.54. The third-order valence-electron chi connectivity index (χ3n) is 2.89. The van der Waals surface area contributed by atoms with E-state index in [0.717, 1.165) is 11.3 Å². The third kappa shape index (κ3) is 4.39. The van der Waals surface area contributed by atoms with Crippen LogP contribution in [0.15, 0.2) is 4.52 Å². The first-order chi connectivity index (χ1) is 8.95. The van der Waals surface area contributed by atoms with E-state index >= 15 is 0 Å². The largest absolute Gasteiger partial charge is 0.466 e. The molecule has 0 aromatic carbocycles. The van der Waals surface area contributed by atoms with Crippen LogP contribution < -0.4 is 0 Å². The Morgan fingerprint density at radius 3 is 2.58 bits per heavy atom. The molecule has 0 aliphatic heterocycles. The van der Waals surface area contributed by atoms with Gasteiger partial charge >= 0.3 is 5.97 Å². The van der Waals surface area contributed by atoms with E-state index in [4.69, 9.17) is 9.26 Å². The highest BCUT2D eigenvalue weighted by molar-refractivity contribution is 5.79. The lowest BCUT2D eigenvalue weighted by Crippen LogP contribution is -2.30. The number of carbonyl (C=O) groups is 2. The van der Waals surface area contributed by atoms with Gasteiger partial charge in [0.25, 0.3) is 0 Å². The molecule has 0 aliphatic rings. The Labute approximate surface area is 112 Å². The lowest BCUT2D eigenvalue weighted by atomic mass is 10.1. The van der Waals surface area contributed by atoms with Gasteiger partial charge in [-0.05, 0) is 20.8 Å². The van der Waals surface area contributed by atoms with Crippen molar-refractivity contribution in [3.63, 3.8) is 0 Å². The molecule has 1 amide bonds. The first-order valence-corrected chi connectivity index (χ1v) is 6.27. The molecule has 1 aromatic rings. The molecule has 0 saturated heterocycles. The number of rotatable bonds is 6. The zero-order valence-electron chi connectivity index (χ0n) is 11.9. The van der Waals surface area contributed by atoms with E-state index in [1.54, 1.807) is 27.8 Å². The Morgan fingerprint density at radius 1 is 1.37 bits per heavy atom. The Balaban J connectivity index is 2.47. The molecule has 0 spiro atoms. The van der Waals surface area contributed by atoms with Gasteiger partial charge in [0.15, 0.2) is 0 Å². The number of aromatic nitrogens is 1. The molecule has 0 atom stereocenters. The van der Waals surface area contributed by atoms with Crippen LogP contribution in [-0.2, 0) is 20.7 Å². The summed E-state index contributed by atoms with van der Waals surface area (Å²) in [4.78, 5) is 24.7. The first-order valence-electron chi connectivity index (χ1n) is 6.27. The number of ether oxygens (including phenoxy) is 1. The minimum atomic E-state index is -0.292. The smallest absolute Gasteiger partial charge is 0.307 e. The molecule has 0 N–H and O–H groups in total. The Morgan fingerprint density at radius 2 is 2.05 bits per heavy atom. The standard InChI is InChI=1S/C13H20N2O4/c1-5-18-13(17)6-7-15(4)12(16)8-11-9(2)14-19-10(11)3/h5-8H2,1-4H3. The van der Waals surface area contributed by atoms with Crippen LogP contribution in [0.3, 0.4) is 0 Å². The summed E-state index contributed by atoms with van der Waals surface area (Å²) in [6.45, 7) is 6.04. The maximum atomic E-state index is 12.0. The van der Waals surface area contributed by atoms with Crippen molar-refractivity contribution in [2.75, 3.05) is 20.2 Å². The minimum Gasteiger partial charge on any atom is -0.466 e. The fourth-order valence-electron chi connectivity index (χ4n) is 1.66. The number of nitrogens with zero attached hydrogens (tertiary/aromatic N) is 2. The molecular formula is C13H20N2O4. The van der Waals surface area contributed by atoms with E-state index in [9.17, 15) is 9.59 Å². The summed E-state index contributed by atoms with van der Waals surface area (Å²) in [5.74, 6) is 0.294. The molecule has 0 radical (unpaired) electrons. The fraction of sp³-hybridized carbons (Fsp3) is 0.615. The van der Waals surface area contributed by atoms with Crippen LogP contribution in [0.2, 0.25) is 0 Å². The molecule has 0 bridgehead atoms. The van der Waals surface area contributed by atoms with Crippen molar-refractivity contribution in [1.29, 1.82) is 0 Å². The van der Waals surface area contributed by atoms with Crippen molar-refractivity contribution in [2.45, 2.75) is 33.6 Å². The molecule has 6 nitrogen and oxygen atoms in total. The van der Waals surface area contributed by atoms with Crippen LogP contribution in [-0.4, -0.2) is 42.1 Å². The quantitative estimate of drug-likeness (QED) is 0.726. The minimum absolute atomic E-state index is 0.0706. The van der Waals surface area contributed by atoms with E-state index in [-0.39, 0.29) is 24.7 Å². The topological polar surface area (TPSA) is 72.6 Å². The number of likely N-dealkylation sites (N-methyl/N-ethyl adjacent to an activating group) is 1. The summed E-state index contributed by atoms with van der Waals surface area (Å²) in [5, 5.41) is 3.81. The highest BCUT2D eigenvalue weighted by Crippen LogP contribution is 2.13. The van der Waals surface area contributed by atoms with Crippen LogP contribution in [0.25, 0.3) is 0 Å². The maximum Gasteiger partial charge on any atom is 0.307 e. The Hall–Kier alpha value is -1.85.